The molecular weight excluding hydrogens is 192 g/mol. The number of hydrogen-bond donors (Lipinski definition) is 4. The molecule has 1 saturated heterocycles. The van der Waals surface area contributed by atoms with E-state index in [1.165, 1.54) is 6.92 Å². The first kappa shape index (κ1) is 11.5. The van der Waals surface area contributed by atoms with Gasteiger partial charge in [0, 0.05) is 0 Å². The highest BCUT2D eigenvalue weighted by atomic mass is 16.5. The molecule has 0 amide bonds. The van der Waals surface area contributed by atoms with Gasteiger partial charge in [-0.2, -0.15) is 0 Å². The summed E-state index contributed by atoms with van der Waals surface area (Å²) < 4.78 is 4.93. The van der Waals surface area contributed by atoms with E-state index >= 15 is 0 Å². The summed E-state index contributed by atoms with van der Waals surface area (Å²) in [4.78, 5) is 11.0. The molecule has 4 N–H and O–H groups in total. The molecule has 1 aliphatic heterocycles. The molecule has 0 aliphatic carbocycles. The number of carbonyl (C=O) groups is 1. The molecule has 6 nitrogen and oxygen atoms in total. The van der Waals surface area contributed by atoms with Gasteiger partial charge in [0.1, 0.15) is 30.5 Å². The number of carbonyl (C=O) groups excluding carboxylic acids is 1. The van der Waals surface area contributed by atoms with Crippen molar-refractivity contribution in [3.05, 3.63) is 0 Å². The lowest BCUT2D eigenvalue weighted by Crippen LogP contribution is -2.60. The molecule has 1 heterocycles. The summed E-state index contributed by atoms with van der Waals surface area (Å²) in [5.41, 5.74) is 0. The van der Waals surface area contributed by atoms with Crippen LogP contribution in [0.15, 0.2) is 0 Å². The van der Waals surface area contributed by atoms with Crippen LogP contribution < -0.4 is 0 Å². The van der Waals surface area contributed by atoms with Crippen molar-refractivity contribution in [3.63, 3.8) is 0 Å². The molecule has 0 bridgehead atoms. The Morgan fingerprint density at radius 1 is 1.21 bits per heavy atom. The Morgan fingerprint density at radius 3 is 2.21 bits per heavy atom. The van der Waals surface area contributed by atoms with E-state index in [4.69, 9.17) is 9.84 Å². The van der Waals surface area contributed by atoms with Gasteiger partial charge in [-0.05, 0) is 6.92 Å². The monoisotopic (exact) mass is 206 g/mol. The highest BCUT2D eigenvalue weighted by molar-refractivity contribution is 5.81. The van der Waals surface area contributed by atoms with E-state index in [0.29, 0.717) is 0 Å². The highest BCUT2D eigenvalue weighted by Crippen LogP contribution is 2.21. The van der Waals surface area contributed by atoms with Crippen molar-refractivity contribution in [1.82, 2.24) is 0 Å². The zero-order valence-corrected chi connectivity index (χ0v) is 7.70. The van der Waals surface area contributed by atoms with Crippen LogP contribution in [0.5, 0.6) is 0 Å². The number of Topliss-reactive ketones (excluding diaryl/α,β-unsaturated/α-hetero) is 1. The molecule has 0 saturated carbocycles. The van der Waals surface area contributed by atoms with Gasteiger partial charge in [-0.1, -0.05) is 0 Å². The minimum absolute atomic E-state index is 0.457. The molecule has 1 aliphatic rings. The summed E-state index contributed by atoms with van der Waals surface area (Å²) in [7, 11) is 0. The lowest BCUT2D eigenvalue weighted by Gasteiger charge is -2.38. The zero-order valence-electron chi connectivity index (χ0n) is 7.70. The summed E-state index contributed by atoms with van der Waals surface area (Å²) in [5, 5.41) is 36.8. The Balaban J connectivity index is 2.78. The van der Waals surface area contributed by atoms with E-state index < -0.39 is 42.9 Å². The number of hydrogen-bond acceptors (Lipinski definition) is 6. The van der Waals surface area contributed by atoms with Crippen LogP contribution in [-0.2, 0) is 9.53 Å². The van der Waals surface area contributed by atoms with Gasteiger partial charge in [0.25, 0.3) is 0 Å². The Morgan fingerprint density at radius 2 is 1.79 bits per heavy atom. The minimum Gasteiger partial charge on any atom is -0.394 e. The summed E-state index contributed by atoms with van der Waals surface area (Å²) >= 11 is 0. The second-order valence-corrected chi connectivity index (χ2v) is 3.36. The first-order valence-electron chi connectivity index (χ1n) is 4.30. The summed E-state index contributed by atoms with van der Waals surface area (Å²) in [5.74, 6) is -0.457. The van der Waals surface area contributed by atoms with Crippen molar-refractivity contribution in [3.8, 4) is 0 Å². The fraction of sp³-hybridized carbons (Fsp3) is 0.875. The SMILES string of the molecule is CC(=O)C1OC(CO)C(O)C(O)C1O. The largest absolute Gasteiger partial charge is 0.394 e. The van der Waals surface area contributed by atoms with Gasteiger partial charge in [0.05, 0.1) is 6.61 Å². The van der Waals surface area contributed by atoms with E-state index in [2.05, 4.69) is 0 Å². The van der Waals surface area contributed by atoms with Gasteiger partial charge in [-0.25, -0.2) is 0 Å². The van der Waals surface area contributed by atoms with Crippen LogP contribution in [0, 0.1) is 0 Å². The standard InChI is InChI=1S/C8H14O6/c1-3(10)8-7(13)6(12)5(11)4(2-9)14-8/h4-9,11-13H,2H2,1H3. The number of rotatable bonds is 2. The Kier molecular flexibility index (Phi) is 3.57. The molecule has 5 atom stereocenters. The van der Waals surface area contributed by atoms with E-state index in [0.717, 1.165) is 0 Å². The number of ether oxygens (including phenoxy) is 1. The lowest BCUT2D eigenvalue weighted by atomic mass is 9.93. The second kappa shape index (κ2) is 4.33. The van der Waals surface area contributed by atoms with Crippen LogP contribution in [0.2, 0.25) is 0 Å². The predicted octanol–water partition coefficient (Wildman–Crippen LogP) is -2.58. The van der Waals surface area contributed by atoms with Crippen molar-refractivity contribution < 1.29 is 30.0 Å². The van der Waals surface area contributed by atoms with Gasteiger partial charge in [-0.3, -0.25) is 4.79 Å². The zero-order chi connectivity index (χ0) is 10.9. The lowest BCUT2D eigenvalue weighted by molar-refractivity contribution is -0.225. The molecule has 82 valence electrons. The first-order valence-corrected chi connectivity index (χ1v) is 4.30. The van der Waals surface area contributed by atoms with Crippen molar-refractivity contribution in [2.75, 3.05) is 6.61 Å². The second-order valence-electron chi connectivity index (χ2n) is 3.36. The van der Waals surface area contributed by atoms with Gasteiger partial charge < -0.3 is 25.2 Å². The smallest absolute Gasteiger partial charge is 0.161 e. The molecule has 0 aromatic heterocycles. The molecule has 0 aromatic carbocycles. The predicted molar refractivity (Wildman–Crippen MR) is 44.4 cm³/mol. The average Bonchev–Trinajstić information content (AvgIpc) is 2.14. The van der Waals surface area contributed by atoms with Crippen molar-refractivity contribution in [1.29, 1.82) is 0 Å². The normalized spacial score (nSPS) is 43.6. The van der Waals surface area contributed by atoms with Gasteiger partial charge >= 0.3 is 0 Å². The molecule has 6 heteroatoms. The van der Waals surface area contributed by atoms with Crippen LogP contribution in [-0.4, -0.2) is 63.3 Å². The summed E-state index contributed by atoms with van der Waals surface area (Å²) in [6.07, 6.45) is -6.54. The van der Waals surface area contributed by atoms with Crippen LogP contribution in [0.4, 0.5) is 0 Å². The maximum absolute atomic E-state index is 11.0. The first-order chi connectivity index (χ1) is 6.49. The van der Waals surface area contributed by atoms with Crippen LogP contribution in [0.25, 0.3) is 0 Å². The van der Waals surface area contributed by atoms with E-state index in [9.17, 15) is 20.1 Å². The van der Waals surface area contributed by atoms with Crippen LogP contribution in [0.1, 0.15) is 6.92 Å². The summed E-state index contributed by atoms with van der Waals surface area (Å²) in [6, 6.07) is 0. The molecule has 0 spiro atoms. The van der Waals surface area contributed by atoms with Crippen molar-refractivity contribution in [2.24, 2.45) is 0 Å². The fourth-order valence-electron chi connectivity index (χ4n) is 1.44. The number of aliphatic hydroxyl groups excluding tert-OH is 4. The summed E-state index contributed by atoms with van der Waals surface area (Å²) in [6.45, 7) is 0.682. The van der Waals surface area contributed by atoms with Crippen molar-refractivity contribution >= 4 is 5.78 Å². The molecule has 0 aromatic rings. The third-order valence-electron chi connectivity index (χ3n) is 2.29. The molecule has 5 unspecified atom stereocenters. The molecular formula is C8H14O6. The minimum atomic E-state index is -1.48. The Labute approximate surface area is 80.7 Å². The van der Waals surface area contributed by atoms with Gasteiger partial charge in [0.15, 0.2) is 5.78 Å². The van der Waals surface area contributed by atoms with E-state index in [1.807, 2.05) is 0 Å². The average molecular weight is 206 g/mol. The Hall–Kier alpha value is -0.530. The maximum atomic E-state index is 11.0. The number of aliphatic hydroxyl groups is 4. The Bertz CT molecular complexity index is 216. The third-order valence-corrected chi connectivity index (χ3v) is 2.29. The number of ketones is 1. The van der Waals surface area contributed by atoms with E-state index in [1.54, 1.807) is 0 Å². The molecule has 0 radical (unpaired) electrons. The topological polar surface area (TPSA) is 107 Å². The quantitative estimate of drug-likeness (QED) is 0.395. The highest BCUT2D eigenvalue weighted by Gasteiger charge is 2.44. The molecule has 14 heavy (non-hydrogen) atoms. The fourth-order valence-corrected chi connectivity index (χ4v) is 1.44. The molecule has 1 fully saturated rings. The molecule has 1 rings (SSSR count). The van der Waals surface area contributed by atoms with Gasteiger partial charge in [-0.15, -0.1) is 0 Å². The van der Waals surface area contributed by atoms with Gasteiger partial charge in [0.2, 0.25) is 0 Å². The third kappa shape index (κ3) is 1.94. The van der Waals surface area contributed by atoms with Crippen LogP contribution >= 0.6 is 0 Å². The van der Waals surface area contributed by atoms with Crippen molar-refractivity contribution in [2.45, 2.75) is 37.4 Å². The van der Waals surface area contributed by atoms with Crippen LogP contribution in [0.3, 0.4) is 0 Å². The maximum Gasteiger partial charge on any atom is 0.161 e. The van der Waals surface area contributed by atoms with E-state index in [-0.39, 0.29) is 0 Å².